The highest BCUT2D eigenvalue weighted by molar-refractivity contribution is 9.09. The number of amides is 2. The number of aliphatic hydroxyl groups excluding tert-OH is 1. The minimum absolute atomic E-state index is 0.0759. The Kier molecular flexibility index (Phi) is 7.29. The monoisotopic (exact) mass is 556 g/mol. The van der Waals surface area contributed by atoms with Crippen LogP contribution in [-0.4, -0.2) is 69.6 Å². The molecule has 1 aromatic carbocycles. The van der Waals surface area contributed by atoms with Crippen molar-refractivity contribution in [2.24, 2.45) is 17.8 Å². The zero-order valence-electron chi connectivity index (χ0n) is 19.4. The zero-order valence-corrected chi connectivity index (χ0v) is 21.7. The van der Waals surface area contributed by atoms with Crippen LogP contribution < -0.4 is 5.32 Å². The first kappa shape index (κ1) is 25.4. The van der Waals surface area contributed by atoms with Crippen LogP contribution in [0.4, 0.5) is 5.69 Å². The van der Waals surface area contributed by atoms with Crippen molar-refractivity contribution in [3.63, 3.8) is 0 Å². The maximum Gasteiger partial charge on any atom is 0.312 e. The second-order valence-corrected chi connectivity index (χ2v) is 10.9. The number of nitrogens with one attached hydrogen (secondary N) is 1. The highest BCUT2D eigenvalue weighted by Crippen LogP contribution is 2.60. The summed E-state index contributed by atoms with van der Waals surface area (Å²) >= 11 is 9.59. The van der Waals surface area contributed by atoms with E-state index in [1.165, 1.54) is 4.90 Å². The molecule has 3 unspecified atom stereocenters. The number of aliphatic hydroxyl groups is 1. The Hall–Kier alpha value is -1.68. The van der Waals surface area contributed by atoms with E-state index in [1.54, 1.807) is 31.2 Å². The lowest BCUT2D eigenvalue weighted by Crippen LogP contribution is -2.57. The molecule has 0 aliphatic carbocycles. The lowest BCUT2D eigenvalue weighted by Gasteiger charge is -2.38. The summed E-state index contributed by atoms with van der Waals surface area (Å²) in [5, 5.41) is 13.7. The third kappa shape index (κ3) is 3.94. The van der Waals surface area contributed by atoms with Gasteiger partial charge in [-0.3, -0.25) is 14.4 Å². The Morgan fingerprint density at radius 3 is 2.62 bits per heavy atom. The van der Waals surface area contributed by atoms with Gasteiger partial charge in [-0.2, -0.15) is 0 Å². The molecule has 34 heavy (non-hydrogen) atoms. The molecule has 2 bridgehead atoms. The molecule has 0 radical (unpaired) electrons. The first-order valence-electron chi connectivity index (χ1n) is 11.7. The number of halogens is 2. The van der Waals surface area contributed by atoms with Crippen LogP contribution in [0.3, 0.4) is 0 Å². The van der Waals surface area contributed by atoms with Crippen LogP contribution in [0.5, 0.6) is 0 Å². The first-order valence-corrected chi connectivity index (χ1v) is 13.0. The van der Waals surface area contributed by atoms with Gasteiger partial charge in [-0.05, 0) is 43.5 Å². The predicted octanol–water partition coefficient (Wildman–Crippen LogP) is 3.00. The maximum absolute atomic E-state index is 13.9. The van der Waals surface area contributed by atoms with Gasteiger partial charge in [0.15, 0.2) is 0 Å². The number of rotatable bonds is 8. The van der Waals surface area contributed by atoms with Gasteiger partial charge >= 0.3 is 5.97 Å². The van der Waals surface area contributed by atoms with Gasteiger partial charge in [-0.25, -0.2) is 0 Å². The Bertz CT molecular complexity index is 961. The number of nitrogens with zero attached hydrogens (tertiary/aromatic N) is 1. The molecule has 1 spiro atoms. The fraction of sp³-hybridized carbons (Fsp3) is 0.625. The molecule has 3 fully saturated rings. The van der Waals surface area contributed by atoms with Crippen molar-refractivity contribution >= 4 is 51.0 Å². The molecule has 0 saturated carbocycles. The summed E-state index contributed by atoms with van der Waals surface area (Å²) in [6.45, 7) is 5.48. The summed E-state index contributed by atoms with van der Waals surface area (Å²) in [5.74, 6) is -3.03. The van der Waals surface area contributed by atoms with Gasteiger partial charge in [-0.15, -0.1) is 0 Å². The van der Waals surface area contributed by atoms with Crippen molar-refractivity contribution in [1.29, 1.82) is 0 Å². The summed E-state index contributed by atoms with van der Waals surface area (Å²) < 4.78 is 11.7. The van der Waals surface area contributed by atoms with E-state index >= 15 is 0 Å². The van der Waals surface area contributed by atoms with Gasteiger partial charge in [0.05, 0.1) is 37.2 Å². The molecule has 3 heterocycles. The molecule has 2 N–H and O–H groups in total. The van der Waals surface area contributed by atoms with Crippen molar-refractivity contribution in [3.05, 3.63) is 29.3 Å². The molecule has 3 saturated heterocycles. The van der Waals surface area contributed by atoms with Gasteiger partial charge in [0, 0.05) is 15.5 Å². The predicted molar refractivity (Wildman–Crippen MR) is 130 cm³/mol. The van der Waals surface area contributed by atoms with Crippen LogP contribution in [0.2, 0.25) is 5.02 Å². The van der Waals surface area contributed by atoms with E-state index in [0.717, 1.165) is 0 Å². The van der Waals surface area contributed by atoms with Crippen molar-refractivity contribution < 1.29 is 29.0 Å². The van der Waals surface area contributed by atoms with E-state index in [2.05, 4.69) is 21.2 Å². The van der Waals surface area contributed by atoms with Gasteiger partial charge in [-0.1, -0.05) is 47.8 Å². The van der Waals surface area contributed by atoms with Gasteiger partial charge in [0.2, 0.25) is 11.8 Å². The molecule has 1 aromatic rings. The maximum atomic E-state index is 13.9. The average molecular weight is 558 g/mol. The molecule has 4 rings (SSSR count). The zero-order chi connectivity index (χ0) is 24.8. The lowest BCUT2D eigenvalue weighted by atomic mass is 9.70. The fourth-order valence-electron chi connectivity index (χ4n) is 5.79. The molecule has 3 aliphatic heterocycles. The van der Waals surface area contributed by atoms with Crippen LogP contribution in [0, 0.1) is 17.8 Å². The number of benzene rings is 1. The lowest BCUT2D eigenvalue weighted by molar-refractivity contribution is -0.155. The number of hydrogen-bond donors (Lipinski definition) is 2. The SMILES string of the molecule is CCOC(=O)[C@H]1[C@H]2C(=O)N([C@@H](CO)[C@@H](C)CC)C(C(=O)Nc3ccc(Cl)cc3)C23CC(Br)[C@@H]1O3. The third-order valence-electron chi connectivity index (χ3n) is 7.49. The van der Waals surface area contributed by atoms with Crippen LogP contribution >= 0.6 is 27.5 Å². The average Bonchev–Trinajstić information content (AvgIpc) is 3.39. The number of fused-ring (bicyclic) bond motifs is 1. The molecule has 8 atom stereocenters. The van der Waals surface area contributed by atoms with Crippen LogP contribution in [0.15, 0.2) is 24.3 Å². The number of anilines is 1. The minimum Gasteiger partial charge on any atom is -0.466 e. The van der Waals surface area contributed by atoms with Gasteiger partial charge in [0.1, 0.15) is 11.6 Å². The number of ether oxygens (including phenoxy) is 2. The smallest absolute Gasteiger partial charge is 0.312 e. The molecular weight excluding hydrogens is 528 g/mol. The second kappa shape index (κ2) is 9.76. The minimum atomic E-state index is -1.20. The Morgan fingerprint density at radius 2 is 2.03 bits per heavy atom. The van der Waals surface area contributed by atoms with E-state index in [-0.39, 0.29) is 29.9 Å². The quantitative estimate of drug-likeness (QED) is 0.376. The van der Waals surface area contributed by atoms with Crippen LogP contribution in [-0.2, 0) is 23.9 Å². The molecule has 10 heteroatoms. The summed E-state index contributed by atoms with van der Waals surface area (Å²) in [4.78, 5) is 41.9. The first-order chi connectivity index (χ1) is 16.2. The standard InChI is InChI=1S/C24H30BrClN2O6/c1-4-12(3)16(11-29)28-20(21(30)27-14-8-6-13(26)7-9-14)24-10-15(25)19(34-24)17(18(24)22(28)31)23(32)33-5-2/h6-9,12,15-20,29H,4-5,10-11H2,1-3H3,(H,27,30)/t12-,15?,16-,17-,18-,19-,20?,24?/m0/s1. The van der Waals surface area contributed by atoms with E-state index in [4.69, 9.17) is 21.1 Å². The number of carbonyl (C=O) groups excluding carboxylic acids is 3. The van der Waals surface area contributed by atoms with E-state index in [9.17, 15) is 19.5 Å². The topological polar surface area (TPSA) is 105 Å². The van der Waals surface area contributed by atoms with Crippen molar-refractivity contribution in [2.75, 3.05) is 18.5 Å². The molecule has 3 aliphatic rings. The number of hydrogen-bond acceptors (Lipinski definition) is 6. The van der Waals surface area contributed by atoms with E-state index in [0.29, 0.717) is 23.6 Å². The van der Waals surface area contributed by atoms with E-state index in [1.807, 2.05) is 13.8 Å². The molecule has 8 nitrogen and oxygen atoms in total. The molecule has 2 amide bonds. The summed E-state index contributed by atoms with van der Waals surface area (Å²) in [6, 6.07) is 5.06. The van der Waals surface area contributed by atoms with E-state index < -0.39 is 47.5 Å². The van der Waals surface area contributed by atoms with Gasteiger partial charge < -0.3 is 24.8 Å². The highest BCUT2D eigenvalue weighted by Gasteiger charge is 2.77. The van der Waals surface area contributed by atoms with Gasteiger partial charge in [0.25, 0.3) is 0 Å². The Morgan fingerprint density at radius 1 is 1.35 bits per heavy atom. The molecular formula is C24H30BrClN2O6. The largest absolute Gasteiger partial charge is 0.466 e. The summed E-state index contributed by atoms with van der Waals surface area (Å²) in [7, 11) is 0. The van der Waals surface area contributed by atoms with Crippen LogP contribution in [0.25, 0.3) is 0 Å². The van der Waals surface area contributed by atoms with Crippen molar-refractivity contribution in [2.45, 2.75) is 62.2 Å². The number of likely N-dealkylation sites (tertiary alicyclic amines) is 1. The summed E-state index contributed by atoms with van der Waals surface area (Å²) in [6.07, 6.45) is 0.513. The van der Waals surface area contributed by atoms with Crippen molar-refractivity contribution in [1.82, 2.24) is 4.90 Å². The highest BCUT2D eigenvalue weighted by atomic mass is 79.9. The normalized spacial score (nSPS) is 33.5. The van der Waals surface area contributed by atoms with Crippen LogP contribution in [0.1, 0.15) is 33.6 Å². The van der Waals surface area contributed by atoms with Crippen molar-refractivity contribution in [3.8, 4) is 0 Å². The second-order valence-electron chi connectivity index (χ2n) is 9.29. The number of alkyl halides is 1. The molecule has 186 valence electrons. The summed E-state index contributed by atoms with van der Waals surface area (Å²) in [5.41, 5.74) is -0.680. The number of carbonyl (C=O) groups is 3. The fourth-order valence-corrected chi connectivity index (χ4v) is 6.86. The number of esters is 1. The molecule has 0 aromatic heterocycles. The Labute approximate surface area is 212 Å². The Balaban J connectivity index is 1.78. The third-order valence-corrected chi connectivity index (χ3v) is 8.59.